The molecule has 0 radical (unpaired) electrons. The van der Waals surface area contributed by atoms with E-state index in [9.17, 15) is 0 Å². The minimum absolute atomic E-state index is 0.200. The van der Waals surface area contributed by atoms with Gasteiger partial charge in [-0.2, -0.15) is 0 Å². The first-order valence-corrected chi connectivity index (χ1v) is 6.63. The Balaban J connectivity index is 2.67. The van der Waals surface area contributed by atoms with Crippen LogP contribution in [0.5, 0.6) is 0 Å². The molecule has 0 bridgehead atoms. The van der Waals surface area contributed by atoms with E-state index in [1.807, 2.05) is 0 Å². The molecule has 94 valence electrons. The Labute approximate surface area is 106 Å². The minimum atomic E-state index is 0.200. The number of hydrogen-bond acceptors (Lipinski definition) is 1. The molecule has 0 saturated carbocycles. The van der Waals surface area contributed by atoms with Gasteiger partial charge >= 0.3 is 0 Å². The van der Waals surface area contributed by atoms with Crippen molar-refractivity contribution in [1.82, 2.24) is 0 Å². The Morgan fingerprint density at radius 3 is 2.06 bits per heavy atom. The highest BCUT2D eigenvalue weighted by atomic mass is 15.0. The van der Waals surface area contributed by atoms with Crippen molar-refractivity contribution in [3.05, 3.63) is 27.8 Å². The van der Waals surface area contributed by atoms with E-state index >= 15 is 0 Å². The van der Waals surface area contributed by atoms with Crippen molar-refractivity contribution in [1.29, 1.82) is 0 Å². The molecule has 0 aliphatic carbocycles. The van der Waals surface area contributed by atoms with Crippen LogP contribution in [0.4, 0.5) is 5.69 Å². The molecule has 1 nitrogen and oxygen atoms in total. The van der Waals surface area contributed by atoms with E-state index in [0.717, 1.165) is 0 Å². The summed E-state index contributed by atoms with van der Waals surface area (Å²) in [5, 5.41) is 3.76. The summed E-state index contributed by atoms with van der Waals surface area (Å²) in [7, 11) is 0. The zero-order chi connectivity index (χ0) is 13.0. The lowest BCUT2D eigenvalue weighted by molar-refractivity contribution is 0.361. The number of nitrogens with one attached hydrogen (secondary N) is 1. The van der Waals surface area contributed by atoms with Crippen LogP contribution in [0.2, 0.25) is 0 Å². The molecule has 1 aliphatic heterocycles. The highest BCUT2D eigenvalue weighted by Crippen LogP contribution is 2.40. The summed E-state index contributed by atoms with van der Waals surface area (Å²) in [4.78, 5) is 0. The lowest BCUT2D eigenvalue weighted by Crippen LogP contribution is -2.43. The summed E-state index contributed by atoms with van der Waals surface area (Å²) in [5.74, 6) is 0.676. The number of fused-ring (bicyclic) bond motifs is 1. The first kappa shape index (κ1) is 12.5. The fraction of sp³-hybridized carbons (Fsp3) is 0.625. The molecule has 1 heterocycles. The molecule has 0 amide bonds. The summed E-state index contributed by atoms with van der Waals surface area (Å²) >= 11 is 0. The molecular weight excluding hydrogens is 206 g/mol. The largest absolute Gasteiger partial charge is 0.379 e. The smallest absolute Gasteiger partial charge is 0.0412 e. The number of rotatable bonds is 0. The van der Waals surface area contributed by atoms with Crippen LogP contribution in [0.25, 0.3) is 0 Å². The van der Waals surface area contributed by atoms with Crippen LogP contribution < -0.4 is 5.32 Å². The lowest BCUT2D eigenvalue weighted by Gasteiger charge is -2.41. The van der Waals surface area contributed by atoms with Gasteiger partial charge in [-0.15, -0.1) is 0 Å². The number of hydrogen-bond donors (Lipinski definition) is 1. The third-order valence-corrected chi connectivity index (χ3v) is 5.01. The van der Waals surface area contributed by atoms with Crippen molar-refractivity contribution in [2.45, 2.75) is 60.4 Å². The molecular formula is C16H25N. The molecule has 0 fully saturated rings. The van der Waals surface area contributed by atoms with Crippen molar-refractivity contribution >= 4 is 5.69 Å². The van der Waals surface area contributed by atoms with Gasteiger partial charge in [-0.05, 0) is 81.7 Å². The second-order valence-corrected chi connectivity index (χ2v) is 6.31. The van der Waals surface area contributed by atoms with Gasteiger partial charge in [0.1, 0.15) is 0 Å². The van der Waals surface area contributed by atoms with Crippen molar-refractivity contribution < 1.29 is 0 Å². The molecule has 1 aromatic rings. The molecule has 2 rings (SSSR count). The van der Waals surface area contributed by atoms with Crippen LogP contribution in [0.15, 0.2) is 0 Å². The van der Waals surface area contributed by atoms with Crippen LogP contribution in [0.1, 0.15) is 48.6 Å². The summed E-state index contributed by atoms with van der Waals surface area (Å²) in [5.41, 5.74) is 8.97. The Morgan fingerprint density at radius 1 is 0.941 bits per heavy atom. The van der Waals surface area contributed by atoms with Gasteiger partial charge in [0.05, 0.1) is 0 Å². The topological polar surface area (TPSA) is 12.0 Å². The monoisotopic (exact) mass is 231 g/mol. The third-order valence-electron chi connectivity index (χ3n) is 5.01. The maximum Gasteiger partial charge on any atom is 0.0412 e. The van der Waals surface area contributed by atoms with Gasteiger partial charge in [0.2, 0.25) is 0 Å². The van der Waals surface area contributed by atoms with Crippen LogP contribution in [0, 0.1) is 33.6 Å². The van der Waals surface area contributed by atoms with Crippen molar-refractivity contribution in [3.8, 4) is 0 Å². The van der Waals surface area contributed by atoms with Gasteiger partial charge in [-0.3, -0.25) is 0 Å². The van der Waals surface area contributed by atoms with Crippen LogP contribution in [-0.2, 0) is 6.42 Å². The van der Waals surface area contributed by atoms with E-state index in [0.29, 0.717) is 5.92 Å². The molecule has 1 aliphatic rings. The second-order valence-electron chi connectivity index (χ2n) is 6.31. The maximum atomic E-state index is 3.76. The quantitative estimate of drug-likeness (QED) is 0.702. The fourth-order valence-electron chi connectivity index (χ4n) is 2.82. The maximum absolute atomic E-state index is 3.76. The van der Waals surface area contributed by atoms with Crippen LogP contribution >= 0.6 is 0 Å². The first-order chi connectivity index (χ1) is 7.75. The van der Waals surface area contributed by atoms with Gasteiger partial charge in [0, 0.05) is 11.2 Å². The predicted molar refractivity (Wildman–Crippen MR) is 76.0 cm³/mol. The van der Waals surface area contributed by atoms with E-state index in [-0.39, 0.29) is 5.54 Å². The van der Waals surface area contributed by atoms with Crippen molar-refractivity contribution in [2.75, 3.05) is 5.32 Å². The summed E-state index contributed by atoms with van der Waals surface area (Å²) in [6.07, 6.45) is 1.20. The summed E-state index contributed by atoms with van der Waals surface area (Å²) in [6, 6.07) is 0. The zero-order valence-electron chi connectivity index (χ0n) is 12.3. The normalized spacial score (nSPS) is 21.9. The predicted octanol–water partition coefficient (Wildman–Crippen LogP) is 4.30. The van der Waals surface area contributed by atoms with Crippen molar-refractivity contribution in [2.24, 2.45) is 5.92 Å². The van der Waals surface area contributed by atoms with Crippen LogP contribution in [-0.4, -0.2) is 5.54 Å². The fourth-order valence-corrected chi connectivity index (χ4v) is 2.82. The molecule has 1 atom stereocenters. The standard InChI is InChI=1S/C16H25N/c1-9-8-14-12(4)10(2)11(3)13(5)15(14)17-16(9,6)7/h9,17H,8H2,1-7H3. The molecule has 1 aromatic carbocycles. The Kier molecular flexibility index (Phi) is 2.76. The van der Waals surface area contributed by atoms with E-state index in [2.05, 4.69) is 53.8 Å². The Bertz CT molecular complexity index is 469. The van der Waals surface area contributed by atoms with E-state index in [1.165, 1.54) is 39.9 Å². The first-order valence-electron chi connectivity index (χ1n) is 6.63. The molecule has 1 N–H and O–H groups in total. The molecule has 1 heteroatoms. The highest BCUT2D eigenvalue weighted by molar-refractivity contribution is 5.67. The van der Waals surface area contributed by atoms with E-state index in [1.54, 1.807) is 0 Å². The number of benzene rings is 1. The lowest BCUT2D eigenvalue weighted by atomic mass is 9.76. The average molecular weight is 231 g/mol. The van der Waals surface area contributed by atoms with Crippen molar-refractivity contribution in [3.63, 3.8) is 0 Å². The SMILES string of the molecule is Cc1c(C)c(C)c2c(c1C)CC(C)C(C)(C)N2. The van der Waals surface area contributed by atoms with Gasteiger partial charge in [0.15, 0.2) is 0 Å². The van der Waals surface area contributed by atoms with Gasteiger partial charge < -0.3 is 5.32 Å². The second kappa shape index (κ2) is 3.76. The molecule has 17 heavy (non-hydrogen) atoms. The van der Waals surface area contributed by atoms with Gasteiger partial charge in [-0.25, -0.2) is 0 Å². The molecule has 0 aromatic heterocycles. The zero-order valence-corrected chi connectivity index (χ0v) is 12.3. The van der Waals surface area contributed by atoms with E-state index < -0.39 is 0 Å². The Morgan fingerprint density at radius 2 is 1.47 bits per heavy atom. The summed E-state index contributed by atoms with van der Waals surface area (Å²) < 4.78 is 0. The third kappa shape index (κ3) is 1.76. The van der Waals surface area contributed by atoms with Gasteiger partial charge in [0.25, 0.3) is 0 Å². The van der Waals surface area contributed by atoms with E-state index in [4.69, 9.17) is 0 Å². The summed E-state index contributed by atoms with van der Waals surface area (Å²) in [6.45, 7) is 16.0. The van der Waals surface area contributed by atoms with Gasteiger partial charge in [-0.1, -0.05) is 6.92 Å². The minimum Gasteiger partial charge on any atom is -0.379 e. The number of anilines is 1. The molecule has 1 unspecified atom stereocenters. The molecule has 0 spiro atoms. The Hall–Kier alpha value is -0.980. The highest BCUT2D eigenvalue weighted by Gasteiger charge is 2.33. The van der Waals surface area contributed by atoms with Crippen LogP contribution in [0.3, 0.4) is 0 Å². The molecule has 0 saturated heterocycles. The average Bonchev–Trinajstić information content (AvgIpc) is 2.26.